The summed E-state index contributed by atoms with van der Waals surface area (Å²) in [6, 6.07) is 4.93. The Balaban J connectivity index is 1.55. The van der Waals surface area contributed by atoms with Gasteiger partial charge in [-0.2, -0.15) is 0 Å². The van der Waals surface area contributed by atoms with Crippen LogP contribution in [0.25, 0.3) is 0 Å². The first-order valence-corrected chi connectivity index (χ1v) is 10.2. The zero-order valence-electron chi connectivity index (χ0n) is 16.7. The van der Waals surface area contributed by atoms with Crippen LogP contribution in [0.5, 0.6) is 0 Å². The number of benzene rings is 1. The Bertz CT molecular complexity index is 881. The number of rotatable bonds is 4. The van der Waals surface area contributed by atoms with Gasteiger partial charge >= 0.3 is 0 Å². The number of fused-ring (bicyclic) bond motifs is 1. The maximum absolute atomic E-state index is 13.0. The number of hydrogen-bond donors (Lipinski definition) is 2. The summed E-state index contributed by atoms with van der Waals surface area (Å²) in [7, 11) is 4.15. The fraction of sp³-hybridized carbons (Fsp3) is 0.524. The molecule has 8 nitrogen and oxygen atoms in total. The molecule has 1 unspecified atom stereocenters. The highest BCUT2D eigenvalue weighted by Gasteiger charge is 2.44. The Kier molecular flexibility index (Phi) is 5.12. The number of likely N-dealkylation sites (N-methyl/N-ethyl adjacent to an activating group) is 1. The summed E-state index contributed by atoms with van der Waals surface area (Å²) < 4.78 is 0. The van der Waals surface area contributed by atoms with E-state index in [1.54, 1.807) is 12.1 Å². The van der Waals surface area contributed by atoms with Crippen LogP contribution in [-0.2, 0) is 9.59 Å². The number of hydrogen-bond acceptors (Lipinski definition) is 6. The molecular formula is C21H26N4O4. The summed E-state index contributed by atoms with van der Waals surface area (Å²) in [6.45, 7) is 0. The third-order valence-corrected chi connectivity index (χ3v) is 6.18. The van der Waals surface area contributed by atoms with Crippen LogP contribution in [0, 0.1) is 0 Å². The summed E-state index contributed by atoms with van der Waals surface area (Å²) in [4.78, 5) is 52.5. The minimum Gasteiger partial charge on any atom is -0.381 e. The number of nitrogens with one attached hydrogen (secondary N) is 2. The van der Waals surface area contributed by atoms with Crippen molar-refractivity contribution in [2.24, 2.45) is 0 Å². The lowest BCUT2D eigenvalue weighted by Gasteiger charge is -2.37. The van der Waals surface area contributed by atoms with Gasteiger partial charge in [0.25, 0.3) is 11.8 Å². The monoisotopic (exact) mass is 398 g/mol. The lowest BCUT2D eigenvalue weighted by Crippen LogP contribution is -2.54. The zero-order chi connectivity index (χ0) is 20.7. The molecule has 2 N–H and O–H groups in total. The van der Waals surface area contributed by atoms with Crippen LogP contribution in [0.2, 0.25) is 0 Å². The van der Waals surface area contributed by atoms with Crippen LogP contribution in [-0.4, -0.2) is 65.6 Å². The highest BCUT2D eigenvalue weighted by Crippen LogP contribution is 2.31. The Morgan fingerprint density at radius 2 is 1.72 bits per heavy atom. The van der Waals surface area contributed by atoms with Gasteiger partial charge in [-0.05, 0) is 51.6 Å². The average Bonchev–Trinajstić information content (AvgIpc) is 2.93. The molecular weight excluding hydrogens is 372 g/mol. The highest BCUT2D eigenvalue weighted by molar-refractivity contribution is 6.23. The van der Waals surface area contributed by atoms with Crippen LogP contribution in [0.3, 0.4) is 0 Å². The van der Waals surface area contributed by atoms with Gasteiger partial charge in [-0.15, -0.1) is 0 Å². The molecule has 2 aliphatic heterocycles. The largest absolute Gasteiger partial charge is 0.381 e. The lowest BCUT2D eigenvalue weighted by atomic mass is 9.89. The van der Waals surface area contributed by atoms with Gasteiger partial charge in [0.15, 0.2) is 0 Å². The first-order valence-electron chi connectivity index (χ1n) is 10.2. The second kappa shape index (κ2) is 7.59. The van der Waals surface area contributed by atoms with E-state index in [4.69, 9.17) is 0 Å². The van der Waals surface area contributed by atoms with E-state index in [1.807, 2.05) is 6.07 Å². The molecule has 2 fully saturated rings. The van der Waals surface area contributed by atoms with E-state index in [9.17, 15) is 19.2 Å². The van der Waals surface area contributed by atoms with Crippen LogP contribution < -0.4 is 10.6 Å². The average molecular weight is 398 g/mol. The molecule has 8 heteroatoms. The number of piperidine rings is 1. The molecule has 3 aliphatic rings. The van der Waals surface area contributed by atoms with Gasteiger partial charge in [0, 0.05) is 24.2 Å². The van der Waals surface area contributed by atoms with Crippen molar-refractivity contribution in [3.05, 3.63) is 29.3 Å². The molecule has 1 saturated carbocycles. The SMILES string of the molecule is CN(C)[C@H]1CCCC[C@@H]1Nc1ccc2c(c1)C(=O)N(C1CCC(=O)NC1=O)C2=O. The molecule has 4 rings (SSSR count). The summed E-state index contributed by atoms with van der Waals surface area (Å²) in [6.07, 6.45) is 4.82. The molecule has 1 aliphatic carbocycles. The van der Waals surface area contributed by atoms with Gasteiger partial charge < -0.3 is 10.2 Å². The first kappa shape index (κ1) is 19.6. The number of carbonyl (C=O) groups excluding carboxylic acids is 4. The van der Waals surface area contributed by atoms with E-state index >= 15 is 0 Å². The maximum Gasteiger partial charge on any atom is 0.262 e. The van der Waals surface area contributed by atoms with Gasteiger partial charge in [0.1, 0.15) is 6.04 Å². The Morgan fingerprint density at radius 3 is 2.45 bits per heavy atom. The van der Waals surface area contributed by atoms with Gasteiger partial charge in [-0.3, -0.25) is 29.4 Å². The molecule has 3 atom stereocenters. The molecule has 2 heterocycles. The van der Waals surface area contributed by atoms with Crippen molar-refractivity contribution < 1.29 is 19.2 Å². The molecule has 0 radical (unpaired) electrons. The summed E-state index contributed by atoms with van der Waals surface area (Å²) >= 11 is 0. The van der Waals surface area contributed by atoms with Gasteiger partial charge in [-0.25, -0.2) is 0 Å². The smallest absolute Gasteiger partial charge is 0.262 e. The van der Waals surface area contributed by atoms with E-state index < -0.39 is 23.8 Å². The summed E-state index contributed by atoms with van der Waals surface area (Å²) in [5.41, 5.74) is 1.41. The van der Waals surface area contributed by atoms with Gasteiger partial charge in [-0.1, -0.05) is 12.8 Å². The Hall–Kier alpha value is -2.74. The van der Waals surface area contributed by atoms with Gasteiger partial charge in [0.05, 0.1) is 11.1 Å². The van der Waals surface area contributed by atoms with Crippen molar-refractivity contribution in [3.8, 4) is 0 Å². The van der Waals surface area contributed by atoms with E-state index in [0.717, 1.165) is 29.8 Å². The molecule has 4 amide bonds. The van der Waals surface area contributed by atoms with Crippen molar-refractivity contribution in [1.29, 1.82) is 0 Å². The molecule has 29 heavy (non-hydrogen) atoms. The lowest BCUT2D eigenvalue weighted by molar-refractivity contribution is -0.136. The molecule has 0 bridgehead atoms. The molecule has 154 valence electrons. The molecule has 0 aromatic heterocycles. The molecule has 1 saturated heterocycles. The Morgan fingerprint density at radius 1 is 1.00 bits per heavy atom. The van der Waals surface area contributed by atoms with E-state index in [2.05, 4.69) is 29.6 Å². The van der Waals surface area contributed by atoms with Crippen molar-refractivity contribution in [1.82, 2.24) is 15.1 Å². The fourth-order valence-electron chi connectivity index (χ4n) is 4.67. The molecule has 1 aromatic rings. The van der Waals surface area contributed by atoms with Gasteiger partial charge in [0.2, 0.25) is 11.8 Å². The second-order valence-electron chi connectivity index (χ2n) is 8.27. The minimum absolute atomic E-state index is 0.115. The first-order chi connectivity index (χ1) is 13.9. The summed E-state index contributed by atoms with van der Waals surface area (Å²) in [5.74, 6) is -1.92. The zero-order valence-corrected chi connectivity index (χ0v) is 16.7. The van der Waals surface area contributed by atoms with E-state index in [1.165, 1.54) is 6.42 Å². The van der Waals surface area contributed by atoms with E-state index in [0.29, 0.717) is 17.2 Å². The number of imide groups is 2. The van der Waals surface area contributed by atoms with Crippen LogP contribution in [0.1, 0.15) is 59.2 Å². The maximum atomic E-state index is 13.0. The van der Waals surface area contributed by atoms with Crippen molar-refractivity contribution in [2.75, 3.05) is 19.4 Å². The fourth-order valence-corrected chi connectivity index (χ4v) is 4.67. The van der Waals surface area contributed by atoms with Crippen molar-refractivity contribution in [2.45, 2.75) is 56.7 Å². The van der Waals surface area contributed by atoms with E-state index in [-0.39, 0.29) is 24.8 Å². The topological polar surface area (TPSA) is 98.8 Å². The minimum atomic E-state index is -0.937. The standard InChI is InChI=1S/C21H26N4O4/c1-24(2)16-6-4-3-5-15(16)22-12-7-8-13-14(11-12)21(29)25(20(13)28)17-9-10-18(26)23-19(17)27/h7-8,11,15-17,22H,3-6,9-10H2,1-2H3,(H,23,26,27)/t15-,16-,17?/m0/s1. The predicted octanol–water partition coefficient (Wildman–Crippen LogP) is 1.37. The number of carbonyl (C=O) groups is 4. The van der Waals surface area contributed by atoms with Crippen LogP contribution in [0.4, 0.5) is 5.69 Å². The highest BCUT2D eigenvalue weighted by atomic mass is 16.2. The van der Waals surface area contributed by atoms with Crippen LogP contribution >= 0.6 is 0 Å². The summed E-state index contributed by atoms with van der Waals surface area (Å²) in [5, 5.41) is 5.75. The quantitative estimate of drug-likeness (QED) is 0.744. The molecule has 0 spiro atoms. The number of anilines is 1. The third-order valence-electron chi connectivity index (χ3n) is 6.18. The molecule has 1 aromatic carbocycles. The predicted molar refractivity (Wildman–Crippen MR) is 106 cm³/mol. The van der Waals surface area contributed by atoms with Crippen molar-refractivity contribution in [3.63, 3.8) is 0 Å². The number of nitrogens with zero attached hydrogens (tertiary/aromatic N) is 2. The van der Waals surface area contributed by atoms with Crippen LogP contribution in [0.15, 0.2) is 18.2 Å². The third kappa shape index (κ3) is 3.53. The normalized spacial score (nSPS) is 27.3. The van der Waals surface area contributed by atoms with Crippen molar-refractivity contribution >= 4 is 29.3 Å². The number of amides is 4. The Labute approximate surface area is 169 Å². The second-order valence-corrected chi connectivity index (χ2v) is 8.27.